The fraction of sp³-hybridized carbons (Fsp3) is 0.0811. The lowest BCUT2D eigenvalue weighted by Crippen LogP contribution is -2.05. The van der Waals surface area contributed by atoms with Crippen molar-refractivity contribution in [3.05, 3.63) is 166 Å². The highest BCUT2D eigenvalue weighted by Crippen LogP contribution is 2.49. The Bertz CT molecular complexity index is 1740. The van der Waals surface area contributed by atoms with Gasteiger partial charge < -0.3 is 0 Å². The second-order valence-corrected chi connectivity index (χ2v) is 10.2. The summed E-state index contributed by atoms with van der Waals surface area (Å²) in [7, 11) is 0. The van der Waals surface area contributed by atoms with Gasteiger partial charge >= 0.3 is 0 Å². The van der Waals surface area contributed by atoms with E-state index in [4.69, 9.17) is 0 Å². The van der Waals surface area contributed by atoms with Crippen LogP contribution < -0.4 is 0 Å². The van der Waals surface area contributed by atoms with E-state index in [-0.39, 0.29) is 5.92 Å². The van der Waals surface area contributed by atoms with E-state index in [9.17, 15) is 0 Å². The number of hydrogen-bond acceptors (Lipinski definition) is 0. The standard InChI is InChI=1S/C37H28/c1-25-19-20-33-32-17-9-10-18-34(32)37(36(33)23-28-14-6-5-13-27(28)21-25)30-22-29-15-7-8-16-31(29)35(24-30)26-11-3-2-4-12-26/h2-22,24,37H,23H2,1H3/b20-19-,25-21+. The molecular formula is C37H28. The van der Waals surface area contributed by atoms with Crippen molar-refractivity contribution in [2.45, 2.75) is 19.3 Å². The predicted octanol–water partition coefficient (Wildman–Crippen LogP) is 9.62. The number of allylic oxidation sites excluding steroid dienone is 5. The highest BCUT2D eigenvalue weighted by atomic mass is 14.4. The van der Waals surface area contributed by atoms with Crippen LogP contribution >= 0.6 is 0 Å². The average Bonchev–Trinajstić information content (AvgIpc) is 3.28. The molecule has 0 heteroatoms. The van der Waals surface area contributed by atoms with Crippen molar-refractivity contribution < 1.29 is 0 Å². The molecule has 1 unspecified atom stereocenters. The van der Waals surface area contributed by atoms with Gasteiger partial charge in [0.15, 0.2) is 0 Å². The molecule has 0 heterocycles. The van der Waals surface area contributed by atoms with E-state index in [1.165, 1.54) is 66.4 Å². The minimum atomic E-state index is 0.217. The van der Waals surface area contributed by atoms with Crippen molar-refractivity contribution in [2.24, 2.45) is 0 Å². The summed E-state index contributed by atoms with van der Waals surface area (Å²) in [5.41, 5.74) is 13.5. The van der Waals surface area contributed by atoms with Gasteiger partial charge in [-0.25, -0.2) is 0 Å². The molecule has 5 aromatic rings. The van der Waals surface area contributed by atoms with Gasteiger partial charge in [-0.3, -0.25) is 0 Å². The summed E-state index contributed by atoms with van der Waals surface area (Å²) < 4.78 is 0. The van der Waals surface area contributed by atoms with Gasteiger partial charge in [0.05, 0.1) is 0 Å². The first kappa shape index (κ1) is 21.8. The van der Waals surface area contributed by atoms with Crippen LogP contribution in [0.25, 0.3) is 33.5 Å². The topological polar surface area (TPSA) is 0 Å². The molecule has 2 aliphatic rings. The van der Waals surface area contributed by atoms with E-state index in [2.05, 4.69) is 140 Å². The van der Waals surface area contributed by atoms with Gasteiger partial charge in [-0.05, 0) is 80.3 Å². The van der Waals surface area contributed by atoms with E-state index in [0.29, 0.717) is 0 Å². The van der Waals surface area contributed by atoms with E-state index < -0.39 is 0 Å². The number of benzene rings is 5. The Morgan fingerprint density at radius 1 is 0.649 bits per heavy atom. The fourth-order valence-corrected chi connectivity index (χ4v) is 6.19. The summed E-state index contributed by atoms with van der Waals surface area (Å²) >= 11 is 0. The highest BCUT2D eigenvalue weighted by molar-refractivity contribution is 5.98. The van der Waals surface area contributed by atoms with Crippen molar-refractivity contribution in [1.82, 2.24) is 0 Å². The molecule has 0 spiro atoms. The molecule has 1 atom stereocenters. The smallest absolute Gasteiger partial charge is 0.0318 e. The maximum atomic E-state index is 2.45. The van der Waals surface area contributed by atoms with Gasteiger partial charge in [-0.1, -0.05) is 133 Å². The van der Waals surface area contributed by atoms with Crippen molar-refractivity contribution in [2.75, 3.05) is 0 Å². The molecule has 0 saturated heterocycles. The fourth-order valence-electron chi connectivity index (χ4n) is 6.19. The van der Waals surface area contributed by atoms with Gasteiger partial charge in [0.1, 0.15) is 0 Å². The van der Waals surface area contributed by atoms with Crippen LogP contribution in [-0.2, 0) is 6.42 Å². The molecule has 0 amide bonds. The van der Waals surface area contributed by atoms with E-state index >= 15 is 0 Å². The second kappa shape index (κ2) is 8.91. The molecular weight excluding hydrogens is 444 g/mol. The third-order valence-corrected chi connectivity index (χ3v) is 7.89. The Balaban J connectivity index is 1.50. The van der Waals surface area contributed by atoms with Gasteiger partial charge in [0.25, 0.3) is 0 Å². The molecule has 0 N–H and O–H groups in total. The normalized spacial score (nSPS) is 18.6. The SMILES string of the molecule is CC1=C\c2ccccc2CC2=C(/C=C\1)c1ccccc1C2c1cc(-c2ccccc2)c2ccccc2c1. The lowest BCUT2D eigenvalue weighted by atomic mass is 9.82. The van der Waals surface area contributed by atoms with Crippen LogP contribution in [0.15, 0.2) is 139 Å². The maximum absolute atomic E-state index is 2.45. The Kier molecular flexibility index (Phi) is 5.26. The molecule has 0 aromatic heterocycles. The first-order valence-corrected chi connectivity index (χ1v) is 13.1. The summed E-state index contributed by atoms with van der Waals surface area (Å²) in [5, 5.41) is 2.60. The third kappa shape index (κ3) is 3.77. The molecule has 0 fully saturated rings. The number of hydrogen-bond donors (Lipinski definition) is 0. The van der Waals surface area contributed by atoms with Gasteiger partial charge in [-0.15, -0.1) is 0 Å². The Labute approximate surface area is 218 Å². The molecule has 0 aliphatic heterocycles. The minimum absolute atomic E-state index is 0.217. The summed E-state index contributed by atoms with van der Waals surface area (Å²) in [6.07, 6.45) is 7.89. The van der Waals surface area contributed by atoms with E-state index in [1.807, 2.05) is 0 Å². The van der Waals surface area contributed by atoms with Crippen LogP contribution in [-0.4, -0.2) is 0 Å². The molecule has 176 valence electrons. The van der Waals surface area contributed by atoms with Crippen LogP contribution in [0.1, 0.15) is 40.7 Å². The summed E-state index contributed by atoms with van der Waals surface area (Å²) in [4.78, 5) is 0. The monoisotopic (exact) mass is 472 g/mol. The van der Waals surface area contributed by atoms with Crippen molar-refractivity contribution in [1.29, 1.82) is 0 Å². The Morgan fingerprint density at radius 3 is 2.32 bits per heavy atom. The quantitative estimate of drug-likeness (QED) is 0.240. The van der Waals surface area contributed by atoms with Crippen LogP contribution in [0, 0.1) is 0 Å². The molecule has 0 nitrogen and oxygen atoms in total. The van der Waals surface area contributed by atoms with Gasteiger partial charge in [0.2, 0.25) is 0 Å². The Hall–Kier alpha value is -4.42. The zero-order valence-corrected chi connectivity index (χ0v) is 21.0. The van der Waals surface area contributed by atoms with Crippen molar-refractivity contribution >= 4 is 22.4 Å². The van der Waals surface area contributed by atoms with E-state index in [0.717, 1.165) is 6.42 Å². The van der Waals surface area contributed by atoms with E-state index in [1.54, 1.807) is 0 Å². The third-order valence-electron chi connectivity index (χ3n) is 7.89. The summed E-state index contributed by atoms with van der Waals surface area (Å²) in [6, 6.07) is 42.4. The zero-order chi connectivity index (χ0) is 24.8. The minimum Gasteiger partial charge on any atom is -0.0622 e. The molecule has 2 aliphatic carbocycles. The molecule has 5 aromatic carbocycles. The maximum Gasteiger partial charge on any atom is 0.0318 e. The summed E-state index contributed by atoms with van der Waals surface area (Å²) in [6.45, 7) is 2.20. The zero-order valence-electron chi connectivity index (χ0n) is 21.0. The predicted molar refractivity (Wildman–Crippen MR) is 158 cm³/mol. The van der Waals surface area contributed by atoms with Crippen LogP contribution in [0.2, 0.25) is 0 Å². The lowest BCUT2D eigenvalue weighted by Gasteiger charge is -2.21. The largest absolute Gasteiger partial charge is 0.0622 e. The molecule has 37 heavy (non-hydrogen) atoms. The first-order valence-electron chi connectivity index (χ1n) is 13.1. The average molecular weight is 473 g/mol. The Morgan fingerprint density at radius 2 is 1.41 bits per heavy atom. The summed E-state index contributed by atoms with van der Waals surface area (Å²) in [5.74, 6) is 0.217. The van der Waals surface area contributed by atoms with Gasteiger partial charge in [-0.2, -0.15) is 0 Å². The first-order chi connectivity index (χ1) is 18.3. The van der Waals surface area contributed by atoms with Crippen molar-refractivity contribution in [3.8, 4) is 11.1 Å². The molecule has 7 rings (SSSR count). The molecule has 0 bridgehead atoms. The van der Waals surface area contributed by atoms with Crippen molar-refractivity contribution in [3.63, 3.8) is 0 Å². The highest BCUT2D eigenvalue weighted by Gasteiger charge is 2.32. The number of fused-ring (bicyclic) bond motifs is 4. The molecule has 0 saturated carbocycles. The second-order valence-electron chi connectivity index (χ2n) is 10.2. The van der Waals surface area contributed by atoms with Gasteiger partial charge in [0, 0.05) is 5.92 Å². The molecule has 0 radical (unpaired) electrons. The van der Waals surface area contributed by atoms with Crippen LogP contribution in [0.5, 0.6) is 0 Å². The lowest BCUT2D eigenvalue weighted by molar-refractivity contribution is 0.924. The van der Waals surface area contributed by atoms with Crippen LogP contribution in [0.3, 0.4) is 0 Å². The number of rotatable bonds is 2. The van der Waals surface area contributed by atoms with Crippen LogP contribution in [0.4, 0.5) is 0 Å².